The van der Waals surface area contributed by atoms with E-state index in [-0.39, 0.29) is 17.6 Å². The molecule has 1 unspecified atom stereocenters. The van der Waals surface area contributed by atoms with Crippen molar-refractivity contribution in [2.45, 2.75) is 18.9 Å². The number of carbonyl (C=O) groups is 5. The van der Waals surface area contributed by atoms with E-state index in [1.165, 1.54) is 0 Å². The van der Waals surface area contributed by atoms with Gasteiger partial charge >= 0.3 is 29.8 Å². The van der Waals surface area contributed by atoms with E-state index in [9.17, 15) is 29.1 Å². The van der Waals surface area contributed by atoms with Crippen molar-refractivity contribution >= 4 is 41.5 Å². The number of carbonyl (C=O) groups excluding carboxylic acids is 5. The van der Waals surface area contributed by atoms with Crippen molar-refractivity contribution in [3.63, 3.8) is 0 Å². The molecule has 6 atom stereocenters. The van der Waals surface area contributed by atoms with Crippen LogP contribution in [-0.2, 0) is 47.7 Å². The summed E-state index contributed by atoms with van der Waals surface area (Å²) in [5.41, 5.74) is -1.74. The fourth-order valence-electron chi connectivity index (χ4n) is 6.50. The number of methoxy groups -OCH3 is 4. The van der Waals surface area contributed by atoms with Crippen molar-refractivity contribution in [2.75, 3.05) is 28.4 Å². The normalized spacial score (nSPS) is 26.2. The van der Waals surface area contributed by atoms with Crippen molar-refractivity contribution in [3.05, 3.63) is 83.1 Å². The standard InChI is InChI=1S/C33H34O11/c1-18-16-22-23(29(35)40-2)27(26(32(38)43-5)33(39,24(18)30(36)41-3)25(22)31(37)42-4)44-28(34)21(20-14-10-7-11-15-20)17-19-12-8-6-9-13-19/h6-15,17-18,22,24-26,39H,16H2,1-5H3/t18-,22+,24-,25-,26?,33-/m1/s1. The molecular formula is C33H34O11. The maximum Gasteiger partial charge on any atom is 0.343 e. The third kappa shape index (κ3) is 5.62. The van der Waals surface area contributed by atoms with Crippen LogP contribution in [0.15, 0.2) is 72.0 Å². The highest BCUT2D eigenvalue weighted by Crippen LogP contribution is 2.58. The SMILES string of the molecule is COC(=O)C1=C(OC(=O)C(=Cc2ccccc2)c2ccccc2)C(C(=O)OC)[C@@]2(O)[C@@H](C(=O)OC)[C@H](C)C[C@@H]1[C@@H]2C(=O)OC. The number of fused-ring (bicyclic) bond motifs is 2. The molecule has 0 aromatic heterocycles. The molecule has 44 heavy (non-hydrogen) atoms. The van der Waals surface area contributed by atoms with Crippen molar-refractivity contribution in [1.29, 1.82) is 0 Å². The first-order chi connectivity index (χ1) is 21.0. The Balaban J connectivity index is 2.01. The fraction of sp³-hybridized carbons (Fsp3) is 0.364. The van der Waals surface area contributed by atoms with Crippen LogP contribution in [-0.4, -0.2) is 69.0 Å². The number of hydrogen-bond donors (Lipinski definition) is 1. The van der Waals surface area contributed by atoms with Crippen molar-refractivity contribution in [3.8, 4) is 0 Å². The second kappa shape index (κ2) is 13.3. The Morgan fingerprint density at radius 3 is 1.86 bits per heavy atom. The van der Waals surface area contributed by atoms with Gasteiger partial charge in [0.1, 0.15) is 17.3 Å². The van der Waals surface area contributed by atoms with Gasteiger partial charge in [-0.15, -0.1) is 0 Å². The Bertz CT molecular complexity index is 1490. The number of benzene rings is 2. The minimum absolute atomic E-state index is 0.0212. The Hall–Kier alpha value is -4.77. The lowest BCUT2D eigenvalue weighted by molar-refractivity contribution is -0.212. The lowest BCUT2D eigenvalue weighted by Crippen LogP contribution is -2.68. The second-order valence-electron chi connectivity index (χ2n) is 10.7. The van der Waals surface area contributed by atoms with E-state index >= 15 is 0 Å². The van der Waals surface area contributed by atoms with Gasteiger partial charge in [0.2, 0.25) is 0 Å². The van der Waals surface area contributed by atoms with Crippen LogP contribution in [0.1, 0.15) is 24.5 Å². The van der Waals surface area contributed by atoms with Gasteiger partial charge in [0.15, 0.2) is 0 Å². The number of hydrogen-bond acceptors (Lipinski definition) is 11. The average Bonchev–Trinajstić information content (AvgIpc) is 3.03. The van der Waals surface area contributed by atoms with Gasteiger partial charge in [-0.25, -0.2) is 9.59 Å². The molecule has 0 aliphatic heterocycles. The quantitative estimate of drug-likeness (QED) is 0.204. The average molecular weight is 607 g/mol. The number of esters is 5. The minimum Gasteiger partial charge on any atom is -0.469 e. The van der Waals surface area contributed by atoms with E-state index in [1.807, 2.05) is 6.07 Å². The molecule has 1 N–H and O–H groups in total. The van der Waals surface area contributed by atoms with Gasteiger partial charge in [0, 0.05) is 5.92 Å². The Morgan fingerprint density at radius 1 is 0.773 bits per heavy atom. The molecule has 0 spiro atoms. The molecule has 0 amide bonds. The lowest BCUT2D eigenvalue weighted by atomic mass is 9.50. The van der Waals surface area contributed by atoms with Crippen LogP contribution in [0.4, 0.5) is 0 Å². The van der Waals surface area contributed by atoms with Crippen molar-refractivity contribution in [1.82, 2.24) is 0 Å². The van der Waals surface area contributed by atoms with Gasteiger partial charge in [-0.05, 0) is 29.5 Å². The summed E-state index contributed by atoms with van der Waals surface area (Å²) in [5.74, 6) is -12.6. The Labute approximate surface area is 254 Å². The molecule has 4 rings (SSSR count). The molecular weight excluding hydrogens is 572 g/mol. The third-order valence-corrected chi connectivity index (χ3v) is 8.32. The van der Waals surface area contributed by atoms with Crippen molar-refractivity contribution in [2.24, 2.45) is 29.6 Å². The maximum atomic E-state index is 14.1. The van der Waals surface area contributed by atoms with E-state index < -0.39 is 70.8 Å². The highest BCUT2D eigenvalue weighted by atomic mass is 16.6. The van der Waals surface area contributed by atoms with E-state index in [0.717, 1.165) is 28.4 Å². The zero-order valence-corrected chi connectivity index (χ0v) is 25.0. The molecule has 0 heterocycles. The van der Waals surface area contributed by atoms with Crippen LogP contribution < -0.4 is 0 Å². The highest BCUT2D eigenvalue weighted by molar-refractivity contribution is 6.22. The summed E-state index contributed by atoms with van der Waals surface area (Å²) in [4.78, 5) is 67.6. The number of ether oxygens (including phenoxy) is 5. The summed E-state index contributed by atoms with van der Waals surface area (Å²) < 4.78 is 26.0. The topological polar surface area (TPSA) is 152 Å². The summed E-state index contributed by atoms with van der Waals surface area (Å²) in [6.07, 6.45) is 1.55. The summed E-state index contributed by atoms with van der Waals surface area (Å²) >= 11 is 0. The third-order valence-electron chi connectivity index (χ3n) is 8.32. The maximum absolute atomic E-state index is 14.1. The zero-order valence-electron chi connectivity index (χ0n) is 25.0. The van der Waals surface area contributed by atoms with Crippen LogP contribution >= 0.6 is 0 Å². The van der Waals surface area contributed by atoms with Gasteiger partial charge in [-0.3, -0.25) is 14.4 Å². The monoisotopic (exact) mass is 606 g/mol. The predicted octanol–water partition coefficient (Wildman–Crippen LogP) is 2.97. The first kappa shape index (κ1) is 32.2. The van der Waals surface area contributed by atoms with E-state index in [0.29, 0.717) is 11.1 Å². The highest BCUT2D eigenvalue weighted by Gasteiger charge is 2.71. The predicted molar refractivity (Wildman–Crippen MR) is 155 cm³/mol. The van der Waals surface area contributed by atoms with Gasteiger partial charge in [-0.1, -0.05) is 67.6 Å². The first-order valence-corrected chi connectivity index (χ1v) is 13.9. The smallest absolute Gasteiger partial charge is 0.343 e. The van der Waals surface area contributed by atoms with Crippen LogP contribution in [0.2, 0.25) is 0 Å². The zero-order chi connectivity index (χ0) is 32.2. The van der Waals surface area contributed by atoms with Crippen molar-refractivity contribution < 1.29 is 52.8 Å². The van der Waals surface area contributed by atoms with Gasteiger partial charge in [0.05, 0.1) is 51.4 Å². The largest absolute Gasteiger partial charge is 0.469 e. The molecule has 2 aliphatic rings. The molecule has 2 aromatic rings. The van der Waals surface area contributed by atoms with Crippen LogP contribution in [0.25, 0.3) is 11.6 Å². The summed E-state index contributed by atoms with van der Waals surface area (Å²) in [6, 6.07) is 17.5. The number of aliphatic hydroxyl groups is 1. The summed E-state index contributed by atoms with van der Waals surface area (Å²) in [5, 5.41) is 12.5. The molecule has 2 aliphatic carbocycles. The van der Waals surface area contributed by atoms with Crippen LogP contribution in [0.3, 0.4) is 0 Å². The van der Waals surface area contributed by atoms with E-state index in [4.69, 9.17) is 23.7 Å². The Kier molecular flexibility index (Phi) is 9.68. The molecule has 11 nitrogen and oxygen atoms in total. The second-order valence-corrected chi connectivity index (χ2v) is 10.7. The molecule has 2 bridgehead atoms. The lowest BCUT2D eigenvalue weighted by Gasteiger charge is -2.55. The van der Waals surface area contributed by atoms with E-state index in [1.54, 1.807) is 67.6 Å². The van der Waals surface area contributed by atoms with Gasteiger partial charge < -0.3 is 28.8 Å². The number of rotatable bonds is 8. The molecule has 1 saturated carbocycles. The molecule has 0 saturated heterocycles. The molecule has 232 valence electrons. The Morgan fingerprint density at radius 2 is 1.32 bits per heavy atom. The van der Waals surface area contributed by atoms with Gasteiger partial charge in [0.25, 0.3) is 0 Å². The molecule has 11 heteroatoms. The van der Waals surface area contributed by atoms with Crippen LogP contribution in [0, 0.1) is 29.6 Å². The van der Waals surface area contributed by atoms with Crippen LogP contribution in [0.5, 0.6) is 0 Å². The molecule has 1 fully saturated rings. The molecule has 0 radical (unpaired) electrons. The van der Waals surface area contributed by atoms with Gasteiger partial charge in [-0.2, -0.15) is 0 Å². The minimum atomic E-state index is -2.58. The van der Waals surface area contributed by atoms with E-state index in [2.05, 4.69) is 0 Å². The molecule has 2 aromatic carbocycles. The first-order valence-electron chi connectivity index (χ1n) is 13.9. The summed E-state index contributed by atoms with van der Waals surface area (Å²) in [7, 11) is 4.28. The summed E-state index contributed by atoms with van der Waals surface area (Å²) in [6.45, 7) is 1.61. The fourth-order valence-corrected chi connectivity index (χ4v) is 6.50.